The summed E-state index contributed by atoms with van der Waals surface area (Å²) in [5.74, 6) is 2.10. The Bertz CT molecular complexity index is 3100. The monoisotopic (exact) mass is 1580 g/mol. The maximum absolute atomic E-state index is 16.6. The average Bonchev–Trinajstić information content (AvgIpc) is 1.47. The molecule has 2 unspecified atom stereocenters. The van der Waals surface area contributed by atoms with Gasteiger partial charge >= 0.3 is 12.1 Å². The molecule has 6 heterocycles. The summed E-state index contributed by atoms with van der Waals surface area (Å²) < 4.78 is 52.9. The smallest absolute Gasteiger partial charge is 0.325 e. The zero-order chi connectivity index (χ0) is 79.7. The second kappa shape index (κ2) is 50.1. The highest BCUT2D eigenvalue weighted by Gasteiger charge is 2.81. The van der Waals surface area contributed by atoms with E-state index in [1.165, 1.54) is 154 Å². The summed E-state index contributed by atoms with van der Waals surface area (Å²) in [6, 6.07) is 26.0. The number of amides is 6. The normalized spacial score (nSPS) is 20.0. The van der Waals surface area contributed by atoms with Gasteiger partial charge < -0.3 is 60.0 Å². The van der Waals surface area contributed by atoms with Crippen molar-refractivity contribution >= 4 is 23.9 Å². The number of carbonyl (C=O) groups is 4. The predicted molar refractivity (Wildman–Crippen MR) is 451 cm³/mol. The third-order valence-corrected chi connectivity index (χ3v) is 24.2. The molecule has 6 aliphatic rings. The van der Waals surface area contributed by atoms with Crippen molar-refractivity contribution in [2.45, 2.75) is 282 Å². The van der Waals surface area contributed by atoms with E-state index in [0.717, 1.165) is 97.8 Å². The van der Waals surface area contributed by atoms with E-state index in [-0.39, 0.29) is 76.5 Å². The van der Waals surface area contributed by atoms with Crippen LogP contribution in [-0.2, 0) is 66.0 Å². The molecule has 22 nitrogen and oxygen atoms in total. The van der Waals surface area contributed by atoms with Crippen LogP contribution in [0.4, 0.5) is 9.59 Å². The zero-order valence-corrected chi connectivity index (χ0v) is 70.0. The van der Waals surface area contributed by atoms with Gasteiger partial charge in [-0.2, -0.15) is 0 Å². The second-order valence-corrected chi connectivity index (χ2v) is 32.5. The Kier molecular flexibility index (Phi) is 39.4. The molecule has 6 N–H and O–H groups in total. The topological polar surface area (TPSA) is 238 Å². The number of unbranched alkanes of at least 4 members (excludes halogenated alkanes) is 28. The molecule has 2 saturated heterocycles. The largest absolute Gasteiger partial charge is 0.491 e. The SMILES string of the molecule is CCCCCCCCCCCCCCCCNC(=O)C(N)CCCCN1CCOCCOc2ccc3c4c2CN2C(=O)N5Cc6c(ccc(c6CN6C(=O)N(C4)C2(c2ccccc2)C56c2ccccc2)OCCOCCN(CCCCC(N)C(=O)NCCCCCCCCCCCCCCCC)CCOCCO3)OCCOCC1. The minimum atomic E-state index is -1.48. The molecule has 0 spiro atoms. The number of nitrogens with zero attached hydrogens (tertiary/aromatic N) is 6. The van der Waals surface area contributed by atoms with Crippen LogP contribution < -0.4 is 41.0 Å². The van der Waals surface area contributed by atoms with Gasteiger partial charge in [-0.05, 0) is 75.9 Å². The van der Waals surface area contributed by atoms with Crippen molar-refractivity contribution in [3.63, 3.8) is 0 Å². The summed E-state index contributed by atoms with van der Waals surface area (Å²) in [5, 5.41) is 6.22. The van der Waals surface area contributed by atoms with Crippen molar-refractivity contribution in [3.8, 4) is 23.0 Å². The summed E-state index contributed by atoms with van der Waals surface area (Å²) in [6.45, 7) is 14.1. The molecular formula is C92H144N10O12. The highest BCUT2D eigenvalue weighted by molar-refractivity contribution is 5.91. The molecule has 0 aliphatic carbocycles. The van der Waals surface area contributed by atoms with Crippen molar-refractivity contribution < 1.29 is 57.1 Å². The van der Waals surface area contributed by atoms with Crippen molar-refractivity contribution in [2.75, 3.05) is 132 Å². The maximum Gasteiger partial charge on any atom is 0.325 e. The molecule has 4 aromatic carbocycles. The Morgan fingerprint density at radius 3 is 0.877 bits per heavy atom. The third kappa shape index (κ3) is 25.4. The Hall–Kier alpha value is -6.76. The van der Waals surface area contributed by atoms with Gasteiger partial charge in [-0.1, -0.05) is 254 Å². The molecule has 2 atom stereocenters. The van der Waals surface area contributed by atoms with Crippen molar-refractivity contribution in [1.82, 2.24) is 40.0 Å². The van der Waals surface area contributed by atoms with Crippen LogP contribution in [-0.4, -0.2) is 197 Å². The average molecular weight is 1580 g/mol. The summed E-state index contributed by atoms with van der Waals surface area (Å²) in [7, 11) is 0. The summed E-state index contributed by atoms with van der Waals surface area (Å²) in [6.07, 6.45) is 40.9. The van der Waals surface area contributed by atoms with Crippen molar-refractivity contribution in [1.29, 1.82) is 0 Å². The molecule has 0 aromatic heterocycles. The molecule has 10 rings (SSSR count). The van der Waals surface area contributed by atoms with Gasteiger partial charge in [0.15, 0.2) is 11.3 Å². The van der Waals surface area contributed by atoms with E-state index in [9.17, 15) is 9.59 Å². The van der Waals surface area contributed by atoms with Crippen molar-refractivity contribution in [3.05, 3.63) is 118 Å². The number of ether oxygens (including phenoxy) is 8. The lowest BCUT2D eigenvalue weighted by Gasteiger charge is -2.49. The number of carbonyl (C=O) groups excluding carboxylic acids is 4. The number of benzene rings is 4. The fourth-order valence-electron chi connectivity index (χ4n) is 17.8. The Balaban J connectivity index is 0.801. The lowest BCUT2D eigenvalue weighted by Crippen LogP contribution is -2.62. The van der Waals surface area contributed by atoms with Crippen LogP contribution in [0, 0.1) is 0 Å². The minimum Gasteiger partial charge on any atom is -0.491 e. The first kappa shape index (κ1) is 89.6. The molecule has 634 valence electrons. The summed E-state index contributed by atoms with van der Waals surface area (Å²) >= 11 is 0. The number of rotatable bonds is 44. The molecule has 8 bridgehead atoms. The highest BCUT2D eigenvalue weighted by atomic mass is 16.5. The van der Waals surface area contributed by atoms with Crippen molar-refractivity contribution in [2.24, 2.45) is 11.5 Å². The third-order valence-electron chi connectivity index (χ3n) is 24.2. The van der Waals surface area contributed by atoms with E-state index in [1.54, 1.807) is 0 Å². The van der Waals surface area contributed by atoms with Gasteiger partial charge in [0, 0.05) is 72.6 Å². The first-order valence-electron chi connectivity index (χ1n) is 45.0. The fourth-order valence-corrected chi connectivity index (χ4v) is 17.8. The van der Waals surface area contributed by atoms with E-state index in [0.29, 0.717) is 128 Å². The predicted octanol–water partition coefficient (Wildman–Crippen LogP) is 16.0. The number of hydrogen-bond acceptors (Lipinski definition) is 16. The first-order chi connectivity index (χ1) is 56.1. The molecule has 0 saturated carbocycles. The quantitative estimate of drug-likeness (QED) is 0.0301. The minimum absolute atomic E-state index is 0.0605. The molecule has 114 heavy (non-hydrogen) atoms. The van der Waals surface area contributed by atoms with E-state index in [2.05, 4.69) is 34.3 Å². The van der Waals surface area contributed by atoms with E-state index >= 15 is 9.59 Å². The number of nitrogens with one attached hydrogen (secondary N) is 2. The maximum atomic E-state index is 16.6. The first-order valence-corrected chi connectivity index (χ1v) is 45.0. The molecule has 6 aliphatic heterocycles. The lowest BCUT2D eigenvalue weighted by molar-refractivity contribution is -0.123. The van der Waals surface area contributed by atoms with Gasteiger partial charge in [0.25, 0.3) is 0 Å². The highest BCUT2D eigenvalue weighted by Crippen LogP contribution is 2.66. The summed E-state index contributed by atoms with van der Waals surface area (Å²) in [5.41, 5.74) is 14.5. The standard InChI is InChI=1S/C92H144N10O12/c1-3-5-7-9-11-13-15-17-19-21-23-25-27-37-51-95-87(103)81(93)45-35-39-53-97-55-59-107-63-67-111-83-47-49-85-79-73-101-90(106)102-74-80-78(72-100-89(105)99(71-77(79)83)91(101,75-41-31-29-32-42-75)92(100,102)76-43-33-30-34-44-76)84(112-68-64-108-60-56-97)48-50-86(80)114-70-66-110-62-58-98(57-61-109-65-69-113-85)54-40-36-46-82(94)88(104)96-52-38-28-26-24-22-20-18-16-14-12-10-8-6-4-2/h29-34,41-44,47-50,81-82H,3-28,35-40,45-46,51-74,93-94H2,1-2H3,(H,95,103)(H,96,104). The Labute approximate surface area is 683 Å². The molecule has 0 radical (unpaired) electrons. The summed E-state index contributed by atoms with van der Waals surface area (Å²) in [4.78, 5) is 71.8. The van der Waals surface area contributed by atoms with Crippen LogP contribution in [0.1, 0.15) is 266 Å². The number of urea groups is 2. The zero-order valence-electron chi connectivity index (χ0n) is 70.0. The number of hydrogen-bond donors (Lipinski definition) is 4. The Morgan fingerprint density at radius 1 is 0.342 bits per heavy atom. The fraction of sp³-hybridized carbons (Fsp3) is 0.696. The van der Waals surface area contributed by atoms with Gasteiger partial charge in [-0.3, -0.25) is 39.0 Å². The van der Waals surface area contributed by atoms with Gasteiger partial charge in [0.2, 0.25) is 11.8 Å². The van der Waals surface area contributed by atoms with Crippen LogP contribution in [0.3, 0.4) is 0 Å². The number of nitrogens with two attached hydrogens (primary N) is 2. The van der Waals surface area contributed by atoms with Crippen LogP contribution in [0.2, 0.25) is 0 Å². The van der Waals surface area contributed by atoms with Crippen LogP contribution in [0.25, 0.3) is 0 Å². The lowest BCUT2D eigenvalue weighted by atomic mass is 9.79. The molecular weight excluding hydrogens is 1440 g/mol. The van der Waals surface area contributed by atoms with Gasteiger partial charge in [0.1, 0.15) is 49.4 Å². The van der Waals surface area contributed by atoms with Crippen LogP contribution in [0.5, 0.6) is 23.0 Å². The van der Waals surface area contributed by atoms with Crippen LogP contribution >= 0.6 is 0 Å². The van der Waals surface area contributed by atoms with Gasteiger partial charge in [-0.15, -0.1) is 0 Å². The molecule has 22 heteroatoms. The van der Waals surface area contributed by atoms with E-state index in [1.807, 2.05) is 105 Å². The second-order valence-electron chi connectivity index (χ2n) is 32.5. The van der Waals surface area contributed by atoms with E-state index in [4.69, 9.17) is 49.4 Å². The van der Waals surface area contributed by atoms with E-state index < -0.39 is 23.4 Å². The van der Waals surface area contributed by atoms with Crippen LogP contribution in [0.15, 0.2) is 84.9 Å². The van der Waals surface area contributed by atoms with Gasteiger partial charge in [-0.25, -0.2) is 9.59 Å². The Morgan fingerprint density at radius 2 is 0.605 bits per heavy atom. The van der Waals surface area contributed by atoms with Gasteiger partial charge in [0.05, 0.1) is 91.1 Å². The molecule has 2 fully saturated rings. The molecule has 4 aromatic rings. The molecule has 6 amide bonds.